The number of anilines is 1. The molecule has 6 nitrogen and oxygen atoms in total. The Kier molecular flexibility index (Phi) is 2.67. The molecule has 0 saturated heterocycles. The molecule has 3 aromatic heterocycles. The van der Waals surface area contributed by atoms with E-state index >= 15 is 0 Å². The van der Waals surface area contributed by atoms with Gasteiger partial charge in [-0.25, -0.2) is 19.3 Å². The van der Waals surface area contributed by atoms with E-state index in [-0.39, 0.29) is 11.4 Å². The van der Waals surface area contributed by atoms with Gasteiger partial charge in [-0.1, -0.05) is 0 Å². The smallest absolute Gasteiger partial charge is 0.275 e. The molecule has 0 spiro atoms. The maximum absolute atomic E-state index is 13.0. The van der Waals surface area contributed by atoms with Crippen molar-refractivity contribution >= 4 is 37.6 Å². The van der Waals surface area contributed by atoms with E-state index < -0.39 is 0 Å². The van der Waals surface area contributed by atoms with E-state index in [0.29, 0.717) is 31.9 Å². The first-order chi connectivity index (χ1) is 10.6. The van der Waals surface area contributed by atoms with Crippen molar-refractivity contribution in [2.75, 3.05) is 5.73 Å². The van der Waals surface area contributed by atoms with Crippen LogP contribution in [0.1, 0.15) is 0 Å². The second-order valence-electron chi connectivity index (χ2n) is 4.61. The number of hydrogen-bond acceptors (Lipinski definition) is 6. The largest absolute Gasteiger partial charge is 0.383 e. The van der Waals surface area contributed by atoms with Crippen LogP contribution in [-0.2, 0) is 0 Å². The van der Waals surface area contributed by atoms with E-state index in [1.165, 1.54) is 52.8 Å². The van der Waals surface area contributed by atoms with Crippen LogP contribution >= 0.6 is 11.3 Å². The predicted octanol–water partition coefficient (Wildman–Crippen LogP) is 2.11. The lowest BCUT2D eigenvalue weighted by Gasteiger charge is -2.04. The molecular weight excluding hydrogens is 305 g/mol. The third-order valence-electron chi connectivity index (χ3n) is 3.31. The fourth-order valence-electron chi connectivity index (χ4n) is 2.27. The average Bonchev–Trinajstić information content (AvgIpc) is 2.90. The van der Waals surface area contributed by atoms with Gasteiger partial charge in [0.25, 0.3) is 5.56 Å². The topological polar surface area (TPSA) is 86.7 Å². The van der Waals surface area contributed by atoms with Gasteiger partial charge < -0.3 is 5.73 Å². The van der Waals surface area contributed by atoms with E-state index in [0.717, 1.165) is 0 Å². The van der Waals surface area contributed by atoms with Crippen LogP contribution < -0.4 is 11.3 Å². The van der Waals surface area contributed by atoms with Gasteiger partial charge in [0.15, 0.2) is 0 Å². The van der Waals surface area contributed by atoms with Crippen molar-refractivity contribution in [2.45, 2.75) is 0 Å². The Morgan fingerprint density at radius 3 is 2.68 bits per heavy atom. The zero-order valence-corrected chi connectivity index (χ0v) is 11.8. The Hall–Kier alpha value is -2.87. The average molecular weight is 313 g/mol. The summed E-state index contributed by atoms with van der Waals surface area (Å²) in [5.74, 6) is -0.0709. The van der Waals surface area contributed by atoms with Gasteiger partial charge in [-0.05, 0) is 24.3 Å². The molecule has 0 aliphatic heterocycles. The molecule has 0 radical (unpaired) electrons. The van der Waals surface area contributed by atoms with Gasteiger partial charge in [0, 0.05) is 0 Å². The van der Waals surface area contributed by atoms with E-state index in [2.05, 4.69) is 15.0 Å². The van der Waals surface area contributed by atoms with Gasteiger partial charge in [0.05, 0.1) is 11.1 Å². The van der Waals surface area contributed by atoms with Crippen molar-refractivity contribution < 1.29 is 4.39 Å². The van der Waals surface area contributed by atoms with Gasteiger partial charge in [-0.15, -0.1) is 11.3 Å². The van der Waals surface area contributed by atoms with Crippen LogP contribution in [0.15, 0.2) is 41.7 Å². The first kappa shape index (κ1) is 12.8. The molecule has 4 rings (SSSR count). The minimum absolute atomic E-state index is 0.251. The lowest BCUT2D eigenvalue weighted by molar-refractivity contribution is 0.627. The quantitative estimate of drug-likeness (QED) is 0.581. The molecule has 0 unspecified atom stereocenters. The molecule has 0 bridgehead atoms. The van der Waals surface area contributed by atoms with Crippen LogP contribution in [0.25, 0.3) is 26.1 Å². The first-order valence-electron chi connectivity index (χ1n) is 6.31. The monoisotopic (exact) mass is 313 g/mol. The summed E-state index contributed by atoms with van der Waals surface area (Å²) in [6, 6.07) is 5.62. The van der Waals surface area contributed by atoms with Crippen molar-refractivity contribution in [3.63, 3.8) is 0 Å². The minimum Gasteiger partial charge on any atom is -0.383 e. The summed E-state index contributed by atoms with van der Waals surface area (Å²) in [6.45, 7) is 0. The molecular formula is C14H8FN5OS. The van der Waals surface area contributed by atoms with Crippen molar-refractivity contribution in [1.82, 2.24) is 19.5 Å². The molecule has 0 saturated carbocycles. The van der Waals surface area contributed by atoms with Crippen LogP contribution in [-0.4, -0.2) is 19.5 Å². The second-order valence-corrected chi connectivity index (χ2v) is 5.61. The summed E-state index contributed by atoms with van der Waals surface area (Å²) in [7, 11) is 0. The number of rotatable bonds is 1. The summed E-state index contributed by atoms with van der Waals surface area (Å²) in [4.78, 5) is 25.6. The number of nitrogens with zero attached hydrogens (tertiary/aromatic N) is 4. The second kappa shape index (κ2) is 4.57. The van der Waals surface area contributed by atoms with E-state index in [9.17, 15) is 9.18 Å². The van der Waals surface area contributed by atoms with Crippen molar-refractivity contribution in [3.8, 4) is 5.69 Å². The molecule has 0 amide bonds. The predicted molar refractivity (Wildman–Crippen MR) is 82.7 cm³/mol. The van der Waals surface area contributed by atoms with Gasteiger partial charge in [0.2, 0.25) is 0 Å². The lowest BCUT2D eigenvalue weighted by Crippen LogP contribution is -2.17. The molecule has 3 heterocycles. The Bertz CT molecular complexity index is 1070. The zero-order chi connectivity index (χ0) is 15.3. The van der Waals surface area contributed by atoms with E-state index in [1.54, 1.807) is 0 Å². The molecule has 8 heteroatoms. The van der Waals surface area contributed by atoms with E-state index in [4.69, 9.17) is 5.73 Å². The van der Waals surface area contributed by atoms with E-state index in [1.807, 2.05) is 0 Å². The standard InChI is InChI=1S/C14H8FN5OS/c15-7-1-3-8(4-2-7)20-6-19-10-9-12(16)17-5-18-13(9)22-11(10)14(20)21/h1-6H,(H2,16,17,18). The number of thiophene rings is 1. The molecule has 0 aliphatic rings. The highest BCUT2D eigenvalue weighted by Crippen LogP contribution is 2.31. The van der Waals surface area contributed by atoms with Crippen LogP contribution in [0.4, 0.5) is 10.2 Å². The van der Waals surface area contributed by atoms with Gasteiger partial charge >= 0.3 is 0 Å². The third kappa shape index (κ3) is 1.77. The Labute approximate surface area is 126 Å². The number of fused-ring (bicyclic) bond motifs is 3. The fraction of sp³-hybridized carbons (Fsp3) is 0. The van der Waals surface area contributed by atoms with Gasteiger partial charge in [0.1, 0.15) is 39.3 Å². The van der Waals surface area contributed by atoms with Crippen LogP contribution in [0.3, 0.4) is 0 Å². The number of halogens is 1. The molecule has 4 aromatic rings. The van der Waals surface area contributed by atoms with Gasteiger partial charge in [-0.3, -0.25) is 9.36 Å². The number of nitrogen functional groups attached to an aromatic ring is 1. The summed E-state index contributed by atoms with van der Waals surface area (Å²) < 4.78 is 14.8. The molecule has 0 aliphatic carbocycles. The van der Waals surface area contributed by atoms with Crippen molar-refractivity contribution in [1.29, 1.82) is 0 Å². The number of aromatic nitrogens is 4. The molecule has 22 heavy (non-hydrogen) atoms. The van der Waals surface area contributed by atoms with Crippen LogP contribution in [0.5, 0.6) is 0 Å². The fourth-order valence-corrected chi connectivity index (χ4v) is 3.31. The normalized spacial score (nSPS) is 11.3. The first-order valence-corrected chi connectivity index (χ1v) is 7.13. The third-order valence-corrected chi connectivity index (χ3v) is 4.39. The lowest BCUT2D eigenvalue weighted by atomic mass is 10.3. The molecule has 2 N–H and O–H groups in total. The molecule has 0 fully saturated rings. The summed E-state index contributed by atoms with van der Waals surface area (Å²) >= 11 is 1.21. The summed E-state index contributed by atoms with van der Waals surface area (Å²) in [5, 5.41) is 0.589. The number of nitrogens with two attached hydrogens (primary N) is 1. The Balaban J connectivity index is 2.06. The number of hydrogen-bond donors (Lipinski definition) is 1. The maximum atomic E-state index is 13.0. The van der Waals surface area contributed by atoms with Gasteiger partial charge in [-0.2, -0.15) is 0 Å². The maximum Gasteiger partial charge on any atom is 0.275 e. The Morgan fingerprint density at radius 2 is 1.91 bits per heavy atom. The molecule has 1 aromatic carbocycles. The summed E-state index contributed by atoms with van der Waals surface area (Å²) in [5.41, 5.74) is 6.62. The van der Waals surface area contributed by atoms with Crippen molar-refractivity contribution in [2.24, 2.45) is 0 Å². The minimum atomic E-state index is -0.365. The highest BCUT2D eigenvalue weighted by molar-refractivity contribution is 7.25. The Morgan fingerprint density at radius 1 is 1.14 bits per heavy atom. The summed E-state index contributed by atoms with van der Waals surface area (Å²) in [6.07, 6.45) is 2.75. The van der Waals surface area contributed by atoms with Crippen molar-refractivity contribution in [3.05, 3.63) is 53.1 Å². The number of benzene rings is 1. The molecule has 108 valence electrons. The van der Waals surface area contributed by atoms with Crippen LogP contribution in [0.2, 0.25) is 0 Å². The highest BCUT2D eigenvalue weighted by Gasteiger charge is 2.15. The zero-order valence-electron chi connectivity index (χ0n) is 11.0. The van der Waals surface area contributed by atoms with Crippen LogP contribution in [0, 0.1) is 5.82 Å². The SMILES string of the molecule is Nc1ncnc2sc3c(=O)n(-c4ccc(F)cc4)cnc3c12. The molecule has 0 atom stereocenters. The highest BCUT2D eigenvalue weighted by atomic mass is 32.1.